The lowest BCUT2D eigenvalue weighted by atomic mass is 10.1. The zero-order chi connectivity index (χ0) is 21.1. The topological polar surface area (TPSA) is 79.8 Å². The quantitative estimate of drug-likeness (QED) is 0.359. The van der Waals surface area contributed by atoms with Crippen molar-refractivity contribution in [1.29, 1.82) is 0 Å². The van der Waals surface area contributed by atoms with Gasteiger partial charge in [0, 0.05) is 24.0 Å². The molecule has 8 heteroatoms. The molecular formula is C22H19FN4O2S. The van der Waals surface area contributed by atoms with Gasteiger partial charge in [-0.3, -0.25) is 14.2 Å². The zero-order valence-electron chi connectivity index (χ0n) is 16.2. The summed E-state index contributed by atoms with van der Waals surface area (Å²) in [4.78, 5) is 33.0. The molecule has 0 unspecified atom stereocenters. The molecule has 30 heavy (non-hydrogen) atoms. The Morgan fingerprint density at radius 2 is 1.90 bits per heavy atom. The molecule has 4 rings (SSSR count). The standard InChI is InChI=1S/C22H19FN4O2S/c1-2-27-21(29)20-19(17(12-24-20)14-6-4-3-5-7-14)26-22(27)30-13-18(28)25-16-10-8-15(23)9-11-16/h3-12,24H,2,13H2,1H3,(H,25,28). The van der Waals surface area contributed by atoms with Crippen LogP contribution in [0.15, 0.2) is 70.7 Å². The normalized spacial score (nSPS) is 11.0. The van der Waals surface area contributed by atoms with Gasteiger partial charge in [-0.2, -0.15) is 0 Å². The summed E-state index contributed by atoms with van der Waals surface area (Å²) in [7, 11) is 0. The molecule has 0 atom stereocenters. The van der Waals surface area contributed by atoms with Crippen molar-refractivity contribution in [2.75, 3.05) is 11.1 Å². The Morgan fingerprint density at radius 1 is 1.17 bits per heavy atom. The summed E-state index contributed by atoms with van der Waals surface area (Å²) < 4.78 is 14.6. The average Bonchev–Trinajstić information content (AvgIpc) is 3.19. The molecule has 152 valence electrons. The Balaban J connectivity index is 1.62. The molecule has 0 aliphatic heterocycles. The van der Waals surface area contributed by atoms with E-state index in [1.54, 1.807) is 10.8 Å². The number of hydrogen-bond acceptors (Lipinski definition) is 4. The van der Waals surface area contributed by atoms with Gasteiger partial charge in [0.25, 0.3) is 5.56 Å². The molecule has 1 amide bonds. The van der Waals surface area contributed by atoms with Gasteiger partial charge in [0.2, 0.25) is 5.91 Å². The van der Waals surface area contributed by atoms with Crippen LogP contribution < -0.4 is 10.9 Å². The highest BCUT2D eigenvalue weighted by atomic mass is 32.2. The van der Waals surface area contributed by atoms with Crippen LogP contribution in [0.2, 0.25) is 0 Å². The molecule has 0 bridgehead atoms. The van der Waals surface area contributed by atoms with Crippen molar-refractivity contribution >= 4 is 34.4 Å². The first-order valence-corrected chi connectivity index (χ1v) is 10.4. The maximum Gasteiger partial charge on any atom is 0.278 e. The Kier molecular flexibility index (Phi) is 5.67. The van der Waals surface area contributed by atoms with Crippen LogP contribution in [0.3, 0.4) is 0 Å². The third-order valence-corrected chi connectivity index (χ3v) is 5.59. The van der Waals surface area contributed by atoms with Gasteiger partial charge < -0.3 is 10.3 Å². The molecule has 2 N–H and O–H groups in total. The highest BCUT2D eigenvalue weighted by Gasteiger charge is 2.17. The smallest absolute Gasteiger partial charge is 0.278 e. The van der Waals surface area contributed by atoms with Crippen molar-refractivity contribution in [2.24, 2.45) is 0 Å². The third kappa shape index (κ3) is 3.99. The molecule has 0 aliphatic carbocycles. The van der Waals surface area contributed by atoms with E-state index in [4.69, 9.17) is 4.98 Å². The number of H-pyrrole nitrogens is 1. The Hall–Kier alpha value is -3.39. The van der Waals surface area contributed by atoms with Gasteiger partial charge in [-0.25, -0.2) is 9.37 Å². The van der Waals surface area contributed by atoms with Crippen LogP contribution in [-0.4, -0.2) is 26.2 Å². The number of halogens is 1. The van der Waals surface area contributed by atoms with Crippen LogP contribution >= 0.6 is 11.8 Å². The number of nitrogens with zero attached hydrogens (tertiary/aromatic N) is 2. The molecule has 0 saturated carbocycles. The minimum absolute atomic E-state index is 0.0699. The SMILES string of the molecule is CCn1c(SCC(=O)Nc2ccc(F)cc2)nc2c(-c3ccccc3)c[nH]c2c1=O. The fourth-order valence-electron chi connectivity index (χ4n) is 3.16. The van der Waals surface area contributed by atoms with Gasteiger partial charge in [0.15, 0.2) is 5.16 Å². The first kappa shape index (κ1) is 19.9. The summed E-state index contributed by atoms with van der Waals surface area (Å²) in [5, 5.41) is 3.19. The summed E-state index contributed by atoms with van der Waals surface area (Å²) in [6.07, 6.45) is 1.78. The Morgan fingerprint density at radius 3 is 2.60 bits per heavy atom. The molecule has 2 aromatic carbocycles. The summed E-state index contributed by atoms with van der Waals surface area (Å²) >= 11 is 1.19. The van der Waals surface area contributed by atoms with Crippen LogP contribution in [0.25, 0.3) is 22.2 Å². The molecule has 2 aromatic heterocycles. The van der Waals surface area contributed by atoms with Gasteiger partial charge in [0.05, 0.1) is 5.75 Å². The van der Waals surface area contributed by atoms with Crippen molar-refractivity contribution in [3.8, 4) is 11.1 Å². The van der Waals surface area contributed by atoms with E-state index in [0.29, 0.717) is 28.4 Å². The molecular weight excluding hydrogens is 403 g/mol. The Bertz CT molecular complexity index is 1250. The number of thioether (sulfide) groups is 1. The van der Waals surface area contributed by atoms with Crippen molar-refractivity contribution in [2.45, 2.75) is 18.6 Å². The average molecular weight is 422 g/mol. The predicted octanol–water partition coefficient (Wildman–Crippen LogP) is 4.28. The van der Waals surface area contributed by atoms with E-state index in [9.17, 15) is 14.0 Å². The first-order chi connectivity index (χ1) is 14.6. The second-order valence-corrected chi connectivity index (χ2v) is 7.52. The maximum atomic E-state index is 13.0. The number of benzene rings is 2. The van der Waals surface area contributed by atoms with Gasteiger partial charge in [-0.05, 0) is 36.8 Å². The van der Waals surface area contributed by atoms with E-state index in [0.717, 1.165) is 11.1 Å². The summed E-state index contributed by atoms with van der Waals surface area (Å²) in [5.41, 5.74) is 3.15. The second-order valence-electron chi connectivity index (χ2n) is 6.58. The number of nitrogens with one attached hydrogen (secondary N) is 2. The van der Waals surface area contributed by atoms with Crippen molar-refractivity contribution in [3.05, 3.63) is 77.0 Å². The number of aromatic amines is 1. The van der Waals surface area contributed by atoms with E-state index < -0.39 is 0 Å². The summed E-state index contributed by atoms with van der Waals surface area (Å²) in [5.74, 6) is -0.561. The van der Waals surface area contributed by atoms with Crippen LogP contribution in [0.1, 0.15) is 6.92 Å². The summed E-state index contributed by atoms with van der Waals surface area (Å²) in [6.45, 7) is 2.29. The van der Waals surface area contributed by atoms with E-state index >= 15 is 0 Å². The number of carbonyl (C=O) groups excluding carboxylic acids is 1. The number of aromatic nitrogens is 3. The summed E-state index contributed by atoms with van der Waals surface area (Å²) in [6, 6.07) is 15.3. The molecule has 0 spiro atoms. The minimum Gasteiger partial charge on any atom is -0.355 e. The van der Waals surface area contributed by atoms with Crippen molar-refractivity contribution in [3.63, 3.8) is 0 Å². The van der Waals surface area contributed by atoms with Crippen LogP contribution in [0.4, 0.5) is 10.1 Å². The number of hydrogen-bond donors (Lipinski definition) is 2. The van der Waals surface area contributed by atoms with E-state index in [-0.39, 0.29) is 23.0 Å². The van der Waals surface area contributed by atoms with E-state index in [1.165, 1.54) is 36.0 Å². The van der Waals surface area contributed by atoms with Crippen LogP contribution in [-0.2, 0) is 11.3 Å². The number of fused-ring (bicyclic) bond motifs is 1. The third-order valence-electron chi connectivity index (χ3n) is 4.61. The van der Waals surface area contributed by atoms with Crippen LogP contribution in [0, 0.1) is 5.82 Å². The fourth-order valence-corrected chi connectivity index (χ4v) is 4.02. The largest absolute Gasteiger partial charge is 0.355 e. The molecule has 6 nitrogen and oxygen atoms in total. The van der Waals surface area contributed by atoms with Crippen molar-refractivity contribution < 1.29 is 9.18 Å². The number of amides is 1. The number of anilines is 1. The number of rotatable bonds is 6. The molecule has 2 heterocycles. The lowest BCUT2D eigenvalue weighted by Gasteiger charge is -2.10. The number of carbonyl (C=O) groups is 1. The highest BCUT2D eigenvalue weighted by Crippen LogP contribution is 2.27. The molecule has 0 aliphatic rings. The lowest BCUT2D eigenvalue weighted by Crippen LogP contribution is -2.23. The fraction of sp³-hybridized carbons (Fsp3) is 0.136. The van der Waals surface area contributed by atoms with Crippen LogP contribution in [0.5, 0.6) is 0 Å². The molecule has 0 fully saturated rings. The highest BCUT2D eigenvalue weighted by molar-refractivity contribution is 7.99. The minimum atomic E-state index is -0.368. The monoisotopic (exact) mass is 422 g/mol. The zero-order valence-corrected chi connectivity index (χ0v) is 17.0. The molecule has 0 radical (unpaired) electrons. The second kappa shape index (κ2) is 8.54. The Labute approximate surface area is 176 Å². The van der Waals surface area contributed by atoms with Gasteiger partial charge in [-0.1, -0.05) is 42.1 Å². The predicted molar refractivity (Wildman–Crippen MR) is 117 cm³/mol. The first-order valence-electron chi connectivity index (χ1n) is 9.42. The maximum absolute atomic E-state index is 13.0. The van der Waals surface area contributed by atoms with E-state index in [2.05, 4.69) is 10.3 Å². The van der Waals surface area contributed by atoms with Gasteiger partial charge in [0.1, 0.15) is 16.9 Å². The van der Waals surface area contributed by atoms with Gasteiger partial charge >= 0.3 is 0 Å². The van der Waals surface area contributed by atoms with Crippen molar-refractivity contribution in [1.82, 2.24) is 14.5 Å². The van der Waals surface area contributed by atoms with Gasteiger partial charge in [-0.15, -0.1) is 0 Å². The molecule has 4 aromatic rings. The molecule has 0 saturated heterocycles. The van der Waals surface area contributed by atoms with E-state index in [1.807, 2.05) is 37.3 Å². The lowest BCUT2D eigenvalue weighted by molar-refractivity contribution is -0.113.